The number of aromatic nitrogens is 3. The molecule has 0 aliphatic heterocycles. The standard InChI is InChI=1S/C47H27N3/c1-2-9-29-24-40-39(22-28(29)8-1)46-27-35-21-31(17-18-42(35)50(46)44-14-7-19-48-47(40)44)30-15-16-32-23-38-37(25-34(32)20-30)36-11-4-6-13-43(36)49-41-12-5-3-10-33(41)26-45(38)49/h1-27H. The lowest BCUT2D eigenvalue weighted by Gasteiger charge is -2.12. The van der Waals surface area contributed by atoms with Crippen molar-refractivity contribution in [3.05, 3.63) is 164 Å². The van der Waals surface area contributed by atoms with Gasteiger partial charge in [0.15, 0.2) is 0 Å². The van der Waals surface area contributed by atoms with E-state index < -0.39 is 0 Å². The Labute approximate surface area is 285 Å². The molecule has 12 rings (SSSR count). The van der Waals surface area contributed by atoms with Gasteiger partial charge in [-0.05, 0) is 117 Å². The van der Waals surface area contributed by atoms with Crippen LogP contribution in [0.15, 0.2) is 164 Å². The lowest BCUT2D eigenvalue weighted by molar-refractivity contribution is 1.31. The smallest absolute Gasteiger partial charge is 0.0949 e. The number of benzene rings is 7. The van der Waals surface area contributed by atoms with Gasteiger partial charge in [0.1, 0.15) is 0 Å². The second-order valence-electron chi connectivity index (χ2n) is 13.7. The van der Waals surface area contributed by atoms with Crippen molar-refractivity contribution in [1.82, 2.24) is 13.8 Å². The molecule has 5 heterocycles. The van der Waals surface area contributed by atoms with E-state index in [9.17, 15) is 0 Å². The molecule has 0 amide bonds. The van der Waals surface area contributed by atoms with Crippen LogP contribution in [0.25, 0.3) is 109 Å². The maximum atomic E-state index is 4.89. The van der Waals surface area contributed by atoms with Crippen LogP contribution in [0.4, 0.5) is 0 Å². The largest absolute Gasteiger partial charge is 0.309 e. The molecule has 0 saturated carbocycles. The van der Waals surface area contributed by atoms with E-state index >= 15 is 0 Å². The minimum absolute atomic E-state index is 1.03. The van der Waals surface area contributed by atoms with Gasteiger partial charge in [0, 0.05) is 38.5 Å². The normalized spacial score (nSPS) is 12.4. The van der Waals surface area contributed by atoms with E-state index in [0.29, 0.717) is 0 Å². The first kappa shape index (κ1) is 26.3. The van der Waals surface area contributed by atoms with Crippen molar-refractivity contribution in [2.24, 2.45) is 0 Å². The minimum atomic E-state index is 1.03. The average Bonchev–Trinajstić information content (AvgIpc) is 3.76. The minimum Gasteiger partial charge on any atom is -0.309 e. The van der Waals surface area contributed by atoms with E-state index in [1.54, 1.807) is 0 Å². The van der Waals surface area contributed by atoms with Gasteiger partial charge < -0.3 is 8.80 Å². The number of hydrogen-bond acceptors (Lipinski definition) is 1. The maximum Gasteiger partial charge on any atom is 0.0949 e. The highest BCUT2D eigenvalue weighted by Crippen LogP contribution is 2.39. The molecule has 3 heteroatoms. The molecule has 0 aliphatic carbocycles. The van der Waals surface area contributed by atoms with Crippen molar-refractivity contribution in [3.8, 4) is 11.1 Å². The number of para-hydroxylation sites is 2. The summed E-state index contributed by atoms with van der Waals surface area (Å²) in [5, 5.41) is 13.7. The number of rotatable bonds is 1. The Bertz CT molecular complexity index is 3440. The van der Waals surface area contributed by atoms with Crippen LogP contribution in [-0.4, -0.2) is 13.8 Å². The van der Waals surface area contributed by atoms with Crippen molar-refractivity contribution in [2.45, 2.75) is 0 Å². The van der Waals surface area contributed by atoms with E-state index in [-0.39, 0.29) is 0 Å². The third-order valence-corrected chi connectivity index (χ3v) is 11.0. The molecule has 7 aromatic carbocycles. The molecule has 0 aliphatic rings. The lowest BCUT2D eigenvalue weighted by Crippen LogP contribution is -1.93. The summed E-state index contributed by atoms with van der Waals surface area (Å²) in [5.41, 5.74) is 10.7. The van der Waals surface area contributed by atoms with E-state index in [1.165, 1.54) is 98.0 Å². The maximum absolute atomic E-state index is 4.89. The van der Waals surface area contributed by atoms with Crippen LogP contribution in [0, 0.1) is 0 Å². The predicted octanol–water partition coefficient (Wildman–Crippen LogP) is 12.5. The summed E-state index contributed by atoms with van der Waals surface area (Å²) < 4.78 is 4.82. The molecule has 5 aromatic heterocycles. The fourth-order valence-electron chi connectivity index (χ4n) is 8.71. The van der Waals surface area contributed by atoms with Crippen LogP contribution < -0.4 is 0 Å². The first-order chi connectivity index (χ1) is 24.8. The molecular weight excluding hydrogens is 607 g/mol. The Balaban J connectivity index is 1.09. The van der Waals surface area contributed by atoms with Crippen LogP contribution in [0.2, 0.25) is 0 Å². The highest BCUT2D eigenvalue weighted by molar-refractivity contribution is 6.20. The molecule has 50 heavy (non-hydrogen) atoms. The van der Waals surface area contributed by atoms with Crippen LogP contribution in [0.3, 0.4) is 0 Å². The van der Waals surface area contributed by atoms with Gasteiger partial charge in [-0.25, -0.2) is 0 Å². The summed E-state index contributed by atoms with van der Waals surface area (Å²) >= 11 is 0. The molecule has 0 unspecified atom stereocenters. The summed E-state index contributed by atoms with van der Waals surface area (Å²) in [6.45, 7) is 0. The van der Waals surface area contributed by atoms with Gasteiger partial charge in [0.05, 0.1) is 38.6 Å². The van der Waals surface area contributed by atoms with Gasteiger partial charge in [0.25, 0.3) is 0 Å². The summed E-state index contributed by atoms with van der Waals surface area (Å²) in [4.78, 5) is 4.89. The second-order valence-corrected chi connectivity index (χ2v) is 13.7. The van der Waals surface area contributed by atoms with Crippen molar-refractivity contribution < 1.29 is 0 Å². The molecule has 0 spiro atoms. The van der Waals surface area contributed by atoms with Crippen LogP contribution in [0.1, 0.15) is 0 Å². The lowest BCUT2D eigenvalue weighted by atomic mass is 9.96. The molecule has 0 radical (unpaired) electrons. The summed E-state index contributed by atoms with van der Waals surface area (Å²) in [7, 11) is 0. The first-order valence-corrected chi connectivity index (χ1v) is 17.2. The van der Waals surface area contributed by atoms with Crippen LogP contribution in [-0.2, 0) is 0 Å². The Morgan fingerprint density at radius 1 is 0.300 bits per heavy atom. The van der Waals surface area contributed by atoms with E-state index in [2.05, 4.69) is 160 Å². The van der Waals surface area contributed by atoms with Gasteiger partial charge in [-0.3, -0.25) is 4.98 Å². The monoisotopic (exact) mass is 633 g/mol. The summed E-state index contributed by atoms with van der Waals surface area (Å²) in [6.07, 6.45) is 1.90. The highest BCUT2D eigenvalue weighted by atomic mass is 14.9. The van der Waals surface area contributed by atoms with Gasteiger partial charge in [-0.2, -0.15) is 0 Å². The number of fused-ring (bicyclic) bond motifs is 18. The molecule has 0 fully saturated rings. The summed E-state index contributed by atoms with van der Waals surface area (Å²) in [5.74, 6) is 0. The fraction of sp³-hybridized carbons (Fsp3) is 0. The third kappa shape index (κ3) is 3.45. The van der Waals surface area contributed by atoms with Crippen molar-refractivity contribution in [1.29, 1.82) is 0 Å². The molecule has 12 aromatic rings. The zero-order valence-corrected chi connectivity index (χ0v) is 26.9. The van der Waals surface area contributed by atoms with Gasteiger partial charge >= 0.3 is 0 Å². The van der Waals surface area contributed by atoms with E-state index in [0.717, 1.165) is 11.0 Å². The Kier molecular flexibility index (Phi) is 4.97. The van der Waals surface area contributed by atoms with Crippen molar-refractivity contribution >= 4 is 97.9 Å². The van der Waals surface area contributed by atoms with Gasteiger partial charge in [-0.1, -0.05) is 78.9 Å². The predicted molar refractivity (Wildman–Crippen MR) is 212 cm³/mol. The van der Waals surface area contributed by atoms with Crippen molar-refractivity contribution in [2.75, 3.05) is 0 Å². The average molecular weight is 634 g/mol. The quantitative estimate of drug-likeness (QED) is 0.130. The number of hydrogen-bond donors (Lipinski definition) is 0. The number of pyridine rings is 3. The van der Waals surface area contributed by atoms with Gasteiger partial charge in [-0.15, -0.1) is 0 Å². The Morgan fingerprint density at radius 2 is 0.860 bits per heavy atom. The van der Waals surface area contributed by atoms with Crippen LogP contribution in [0.5, 0.6) is 0 Å². The molecular formula is C47H27N3. The van der Waals surface area contributed by atoms with E-state index in [1.807, 2.05) is 12.3 Å². The highest BCUT2D eigenvalue weighted by Gasteiger charge is 2.16. The molecule has 230 valence electrons. The van der Waals surface area contributed by atoms with E-state index in [4.69, 9.17) is 4.98 Å². The van der Waals surface area contributed by atoms with Crippen LogP contribution >= 0.6 is 0 Å². The Hall–Kier alpha value is -6.71. The Morgan fingerprint density at radius 3 is 1.70 bits per heavy atom. The second kappa shape index (κ2) is 9.46. The zero-order chi connectivity index (χ0) is 32.5. The SMILES string of the molecule is c1ccc2cc3c(cc2c1)c1ncccc1n1c2ccc(-c4ccc5cc6c(cc5c4)c4ccccc4n4c5ccccc5cc64)cc2cc31. The molecule has 0 saturated heterocycles. The topological polar surface area (TPSA) is 21.7 Å². The van der Waals surface area contributed by atoms with Crippen molar-refractivity contribution in [3.63, 3.8) is 0 Å². The first-order valence-electron chi connectivity index (χ1n) is 17.2. The van der Waals surface area contributed by atoms with Gasteiger partial charge in [0.2, 0.25) is 0 Å². The zero-order valence-electron chi connectivity index (χ0n) is 26.9. The summed E-state index contributed by atoms with van der Waals surface area (Å²) in [6, 6.07) is 58.3. The third-order valence-electron chi connectivity index (χ3n) is 11.0. The molecule has 0 bridgehead atoms. The fourth-order valence-corrected chi connectivity index (χ4v) is 8.71. The number of nitrogens with zero attached hydrogens (tertiary/aromatic N) is 3. The molecule has 3 nitrogen and oxygen atoms in total. The molecule has 0 N–H and O–H groups in total. The molecule has 0 atom stereocenters.